The molecule has 0 saturated heterocycles. The Labute approximate surface area is 100 Å². The molecule has 17 heavy (non-hydrogen) atoms. The van der Waals surface area contributed by atoms with Gasteiger partial charge in [0, 0.05) is 18.8 Å². The lowest BCUT2D eigenvalue weighted by Crippen LogP contribution is -2.42. The lowest BCUT2D eigenvalue weighted by molar-refractivity contribution is 0.283. The molecule has 3 N–H and O–H groups in total. The van der Waals surface area contributed by atoms with Crippen molar-refractivity contribution in [3.05, 3.63) is 17.8 Å². The van der Waals surface area contributed by atoms with Crippen LogP contribution in [0, 0.1) is 11.3 Å². The van der Waals surface area contributed by atoms with E-state index < -0.39 is 0 Å². The van der Waals surface area contributed by atoms with E-state index in [9.17, 15) is 0 Å². The Hall–Kier alpha value is -1.80. The zero-order valence-electron chi connectivity index (χ0n) is 9.63. The maximum absolute atomic E-state index is 9.10. The average molecular weight is 232 g/mol. The number of rotatable bonds is 4. The van der Waals surface area contributed by atoms with Crippen LogP contribution in [0.5, 0.6) is 0 Å². The molecule has 0 aliphatic heterocycles. The largest absolute Gasteiger partial charge is 0.396 e. The number of nitrogens with zero attached hydrogens (tertiary/aromatic N) is 3. The summed E-state index contributed by atoms with van der Waals surface area (Å²) in [4.78, 5) is 6.28. The van der Waals surface area contributed by atoms with Crippen molar-refractivity contribution in [1.82, 2.24) is 4.98 Å². The fourth-order valence-electron chi connectivity index (χ4n) is 2.04. The van der Waals surface area contributed by atoms with Gasteiger partial charge in [0.05, 0.1) is 17.9 Å². The Kier molecular flexibility index (Phi) is 3.45. The van der Waals surface area contributed by atoms with E-state index in [-0.39, 0.29) is 6.61 Å². The Balaban J connectivity index is 2.26. The lowest BCUT2D eigenvalue weighted by Gasteiger charge is -2.38. The molecule has 90 valence electrons. The molecule has 5 nitrogen and oxygen atoms in total. The molecule has 1 aromatic rings. The minimum atomic E-state index is 0.0810. The highest BCUT2D eigenvalue weighted by Crippen LogP contribution is 2.31. The molecular weight excluding hydrogens is 216 g/mol. The van der Waals surface area contributed by atoms with Crippen molar-refractivity contribution in [2.75, 3.05) is 23.8 Å². The SMILES string of the molecule is N#Cc1cnc(N(CCO)C2CCC2)c(N)c1. The van der Waals surface area contributed by atoms with E-state index in [4.69, 9.17) is 16.1 Å². The molecule has 0 radical (unpaired) electrons. The first-order valence-electron chi connectivity index (χ1n) is 5.79. The van der Waals surface area contributed by atoms with Crippen molar-refractivity contribution in [3.8, 4) is 6.07 Å². The summed E-state index contributed by atoms with van der Waals surface area (Å²) in [5.74, 6) is 0.683. The molecule has 0 aromatic carbocycles. The van der Waals surface area contributed by atoms with E-state index in [0.717, 1.165) is 12.8 Å². The van der Waals surface area contributed by atoms with E-state index in [2.05, 4.69) is 4.98 Å². The molecule has 0 amide bonds. The molecule has 1 heterocycles. The highest BCUT2D eigenvalue weighted by atomic mass is 16.3. The van der Waals surface area contributed by atoms with Crippen LogP contribution in [-0.4, -0.2) is 29.3 Å². The van der Waals surface area contributed by atoms with Gasteiger partial charge in [-0.15, -0.1) is 0 Å². The second kappa shape index (κ2) is 5.02. The Bertz CT molecular complexity index is 437. The smallest absolute Gasteiger partial charge is 0.152 e. The number of hydrogen-bond acceptors (Lipinski definition) is 5. The molecule has 0 atom stereocenters. The van der Waals surface area contributed by atoms with Gasteiger partial charge in [-0.25, -0.2) is 4.98 Å². The van der Waals surface area contributed by atoms with Crippen molar-refractivity contribution in [2.45, 2.75) is 25.3 Å². The third-order valence-corrected chi connectivity index (χ3v) is 3.15. The molecule has 0 unspecified atom stereocenters. The fraction of sp³-hybridized carbons (Fsp3) is 0.500. The maximum atomic E-state index is 9.10. The summed E-state index contributed by atoms with van der Waals surface area (Å²) in [6, 6.07) is 4.06. The molecule has 0 spiro atoms. The quantitative estimate of drug-likeness (QED) is 0.805. The molecular formula is C12H16N4O. The number of hydrogen-bond donors (Lipinski definition) is 2. The first kappa shape index (κ1) is 11.7. The number of aromatic nitrogens is 1. The molecule has 1 fully saturated rings. The number of aliphatic hydroxyl groups is 1. The van der Waals surface area contributed by atoms with Crippen LogP contribution in [0.25, 0.3) is 0 Å². The van der Waals surface area contributed by atoms with Crippen molar-refractivity contribution in [3.63, 3.8) is 0 Å². The van der Waals surface area contributed by atoms with Gasteiger partial charge in [-0.3, -0.25) is 0 Å². The first-order chi connectivity index (χ1) is 8.26. The van der Waals surface area contributed by atoms with Crippen molar-refractivity contribution in [2.24, 2.45) is 0 Å². The molecule has 1 aliphatic carbocycles. The molecule has 2 rings (SSSR count). The van der Waals surface area contributed by atoms with E-state index in [1.807, 2.05) is 11.0 Å². The van der Waals surface area contributed by atoms with Crippen LogP contribution in [0.2, 0.25) is 0 Å². The van der Waals surface area contributed by atoms with Crippen LogP contribution in [-0.2, 0) is 0 Å². The second-order valence-electron chi connectivity index (χ2n) is 4.25. The van der Waals surface area contributed by atoms with Gasteiger partial charge in [0.15, 0.2) is 5.82 Å². The number of anilines is 2. The van der Waals surface area contributed by atoms with E-state index in [1.165, 1.54) is 12.6 Å². The van der Waals surface area contributed by atoms with Crippen LogP contribution in [0.4, 0.5) is 11.5 Å². The summed E-state index contributed by atoms with van der Waals surface area (Å²) < 4.78 is 0. The topological polar surface area (TPSA) is 86.2 Å². The average Bonchev–Trinajstić information content (AvgIpc) is 2.26. The predicted molar refractivity (Wildman–Crippen MR) is 65.4 cm³/mol. The van der Waals surface area contributed by atoms with Gasteiger partial charge in [-0.2, -0.15) is 5.26 Å². The normalized spacial score (nSPS) is 15.1. The Morgan fingerprint density at radius 2 is 2.35 bits per heavy atom. The van der Waals surface area contributed by atoms with E-state index in [1.54, 1.807) is 6.07 Å². The van der Waals surface area contributed by atoms with Crippen LogP contribution in [0.3, 0.4) is 0 Å². The molecule has 1 aliphatic rings. The van der Waals surface area contributed by atoms with Crippen LogP contribution < -0.4 is 10.6 Å². The zero-order chi connectivity index (χ0) is 12.3. The van der Waals surface area contributed by atoms with Gasteiger partial charge in [0.25, 0.3) is 0 Å². The number of aliphatic hydroxyl groups excluding tert-OH is 1. The number of nitrogens with two attached hydrogens (primary N) is 1. The van der Waals surface area contributed by atoms with Crippen molar-refractivity contribution < 1.29 is 5.11 Å². The maximum Gasteiger partial charge on any atom is 0.152 e. The van der Waals surface area contributed by atoms with Crippen molar-refractivity contribution in [1.29, 1.82) is 5.26 Å². The predicted octanol–water partition coefficient (Wildman–Crippen LogP) is 0.887. The molecule has 1 saturated carbocycles. The molecule has 1 aromatic heterocycles. The second-order valence-corrected chi connectivity index (χ2v) is 4.25. The van der Waals surface area contributed by atoms with Gasteiger partial charge in [-0.1, -0.05) is 0 Å². The van der Waals surface area contributed by atoms with Gasteiger partial charge >= 0.3 is 0 Å². The van der Waals surface area contributed by atoms with Gasteiger partial charge in [-0.05, 0) is 25.3 Å². The molecule has 5 heteroatoms. The minimum absolute atomic E-state index is 0.0810. The number of pyridine rings is 1. The summed E-state index contributed by atoms with van der Waals surface area (Å²) in [6.45, 7) is 0.616. The summed E-state index contributed by atoms with van der Waals surface area (Å²) in [5, 5.41) is 17.9. The number of nitrogen functional groups attached to an aromatic ring is 1. The number of nitriles is 1. The Morgan fingerprint density at radius 1 is 1.59 bits per heavy atom. The van der Waals surface area contributed by atoms with E-state index in [0.29, 0.717) is 29.7 Å². The molecule has 0 bridgehead atoms. The lowest BCUT2D eigenvalue weighted by atomic mass is 9.91. The highest BCUT2D eigenvalue weighted by molar-refractivity contribution is 5.65. The van der Waals surface area contributed by atoms with Crippen molar-refractivity contribution >= 4 is 11.5 Å². The highest BCUT2D eigenvalue weighted by Gasteiger charge is 2.26. The van der Waals surface area contributed by atoms with Crippen LogP contribution in [0.15, 0.2) is 12.3 Å². The summed E-state index contributed by atoms with van der Waals surface area (Å²) in [7, 11) is 0. The summed E-state index contributed by atoms with van der Waals surface area (Å²) >= 11 is 0. The van der Waals surface area contributed by atoms with Gasteiger partial charge < -0.3 is 15.7 Å². The van der Waals surface area contributed by atoms with Crippen LogP contribution in [0.1, 0.15) is 24.8 Å². The third kappa shape index (κ3) is 2.32. The van der Waals surface area contributed by atoms with Crippen LogP contribution >= 0.6 is 0 Å². The van der Waals surface area contributed by atoms with E-state index >= 15 is 0 Å². The summed E-state index contributed by atoms with van der Waals surface area (Å²) in [5.41, 5.74) is 6.87. The third-order valence-electron chi connectivity index (χ3n) is 3.15. The minimum Gasteiger partial charge on any atom is -0.396 e. The fourth-order valence-corrected chi connectivity index (χ4v) is 2.04. The summed E-state index contributed by atoms with van der Waals surface area (Å²) in [6.07, 6.45) is 4.96. The first-order valence-corrected chi connectivity index (χ1v) is 5.79. The zero-order valence-corrected chi connectivity index (χ0v) is 9.63. The monoisotopic (exact) mass is 232 g/mol. The van der Waals surface area contributed by atoms with Gasteiger partial charge in [0.2, 0.25) is 0 Å². The van der Waals surface area contributed by atoms with Gasteiger partial charge in [0.1, 0.15) is 6.07 Å². The Morgan fingerprint density at radius 3 is 2.82 bits per heavy atom. The standard InChI is InChI=1S/C12H16N4O/c13-7-9-6-11(14)12(15-8-9)16(4-5-17)10-2-1-3-10/h6,8,10,17H,1-5,14H2.